The molecule has 0 saturated carbocycles. The first-order chi connectivity index (χ1) is 9.80. The highest BCUT2D eigenvalue weighted by Gasteiger charge is 2.71. The van der Waals surface area contributed by atoms with Crippen molar-refractivity contribution in [2.45, 2.75) is 30.9 Å². The van der Waals surface area contributed by atoms with Gasteiger partial charge in [0.05, 0.1) is 0 Å². The number of aliphatic carboxylic acids is 1. The van der Waals surface area contributed by atoms with Crippen LogP contribution in [0.4, 0.5) is 32.0 Å². The molecule has 4 nitrogen and oxygen atoms in total. The van der Waals surface area contributed by atoms with Crippen LogP contribution < -0.4 is 5.32 Å². The van der Waals surface area contributed by atoms with Crippen LogP contribution in [-0.4, -0.2) is 34.6 Å². The number of halogens is 6. The lowest BCUT2D eigenvalue weighted by Gasteiger charge is -2.32. The van der Waals surface area contributed by atoms with Crippen molar-refractivity contribution < 1.29 is 41.4 Å². The van der Waals surface area contributed by atoms with Crippen molar-refractivity contribution in [2.24, 2.45) is 0 Å². The third-order valence-electron chi connectivity index (χ3n) is 2.88. The number of carboxylic acids is 1. The van der Waals surface area contributed by atoms with Crippen LogP contribution in [0.2, 0.25) is 0 Å². The summed E-state index contributed by atoms with van der Waals surface area (Å²) in [6, 6.07) is 1.39. The van der Waals surface area contributed by atoms with Gasteiger partial charge in [0.2, 0.25) is 0 Å². The van der Waals surface area contributed by atoms with Crippen LogP contribution >= 0.6 is 0 Å². The monoisotopic (exact) mass is 331 g/mol. The van der Waals surface area contributed by atoms with Crippen molar-refractivity contribution in [3.63, 3.8) is 0 Å². The van der Waals surface area contributed by atoms with Gasteiger partial charge in [-0.25, -0.2) is 0 Å². The molecule has 1 rings (SSSR count). The van der Waals surface area contributed by atoms with Crippen molar-refractivity contribution in [1.82, 2.24) is 0 Å². The zero-order valence-electron chi connectivity index (χ0n) is 11.0. The second-order valence-corrected chi connectivity index (χ2v) is 4.49. The van der Waals surface area contributed by atoms with Gasteiger partial charge in [-0.1, -0.05) is 12.1 Å². The fourth-order valence-corrected chi connectivity index (χ4v) is 1.61. The minimum atomic E-state index is -5.96. The Labute approximate surface area is 120 Å². The Balaban J connectivity index is 3.18. The first-order valence-corrected chi connectivity index (χ1v) is 5.76. The van der Waals surface area contributed by atoms with E-state index in [1.807, 2.05) is 0 Å². The van der Waals surface area contributed by atoms with Gasteiger partial charge in [0.25, 0.3) is 5.60 Å². The number of benzene rings is 1. The molecule has 10 heteroatoms. The average Bonchev–Trinajstić information content (AvgIpc) is 2.35. The Morgan fingerprint density at radius 1 is 1.05 bits per heavy atom. The summed E-state index contributed by atoms with van der Waals surface area (Å²) in [6.07, 6.45) is -11.9. The third-order valence-corrected chi connectivity index (χ3v) is 2.88. The standard InChI is InChI=1S/C12H11F6NO3/c1-6(9(20)21)19-8-4-2-7(3-5-8)10(22,11(13,14)15)12(16,17)18/h2-6,19,22H,1H3,(H,20,21)/t6-/m0/s1. The van der Waals surface area contributed by atoms with Gasteiger partial charge >= 0.3 is 18.3 Å². The molecule has 1 aromatic rings. The van der Waals surface area contributed by atoms with Crippen LogP contribution in [0.1, 0.15) is 12.5 Å². The van der Waals surface area contributed by atoms with E-state index < -0.39 is 35.5 Å². The van der Waals surface area contributed by atoms with Crippen LogP contribution in [0, 0.1) is 0 Å². The van der Waals surface area contributed by atoms with Crippen molar-refractivity contribution in [3.05, 3.63) is 29.8 Å². The molecular weight excluding hydrogens is 320 g/mol. The first kappa shape index (κ1) is 18.1. The molecule has 0 unspecified atom stereocenters. The maximum absolute atomic E-state index is 12.6. The highest BCUT2D eigenvalue weighted by molar-refractivity contribution is 5.76. The molecule has 1 atom stereocenters. The van der Waals surface area contributed by atoms with E-state index in [4.69, 9.17) is 10.2 Å². The Kier molecular flexibility index (Phi) is 4.66. The van der Waals surface area contributed by atoms with Crippen LogP contribution in [-0.2, 0) is 10.4 Å². The molecule has 0 aliphatic carbocycles. The molecule has 0 amide bonds. The van der Waals surface area contributed by atoms with Crippen molar-refractivity contribution in [1.29, 1.82) is 0 Å². The lowest BCUT2D eigenvalue weighted by molar-refractivity contribution is -0.376. The summed E-state index contributed by atoms with van der Waals surface area (Å²) in [6.45, 7) is 1.23. The average molecular weight is 331 g/mol. The highest BCUT2D eigenvalue weighted by Crippen LogP contribution is 2.50. The summed E-state index contributed by atoms with van der Waals surface area (Å²) < 4.78 is 75.8. The summed E-state index contributed by atoms with van der Waals surface area (Å²) in [5, 5.41) is 20.1. The Morgan fingerprint density at radius 2 is 1.45 bits per heavy atom. The molecule has 0 spiro atoms. The summed E-state index contributed by atoms with van der Waals surface area (Å²) in [7, 11) is 0. The number of nitrogens with one attached hydrogen (secondary N) is 1. The van der Waals surface area contributed by atoms with Gasteiger partial charge in [0.1, 0.15) is 6.04 Å². The maximum atomic E-state index is 12.6. The number of carboxylic acid groups (broad SMARTS) is 1. The SMILES string of the molecule is C[C@H](Nc1ccc(C(O)(C(F)(F)F)C(F)(F)F)cc1)C(=O)O. The number of carbonyl (C=O) groups is 1. The predicted octanol–water partition coefficient (Wildman–Crippen LogP) is 2.88. The Hall–Kier alpha value is -1.97. The van der Waals surface area contributed by atoms with Gasteiger partial charge in [-0.3, -0.25) is 4.79 Å². The maximum Gasteiger partial charge on any atom is 0.430 e. The van der Waals surface area contributed by atoms with Crippen LogP contribution in [0.3, 0.4) is 0 Å². The van der Waals surface area contributed by atoms with Gasteiger partial charge in [-0.05, 0) is 19.1 Å². The van der Waals surface area contributed by atoms with E-state index in [1.165, 1.54) is 6.92 Å². The summed E-state index contributed by atoms with van der Waals surface area (Å²) in [4.78, 5) is 10.6. The second kappa shape index (κ2) is 5.67. The lowest BCUT2D eigenvalue weighted by atomic mass is 9.92. The predicted molar refractivity (Wildman–Crippen MR) is 63.2 cm³/mol. The van der Waals surface area contributed by atoms with Gasteiger partial charge in [0, 0.05) is 11.3 Å². The zero-order valence-corrected chi connectivity index (χ0v) is 11.0. The van der Waals surface area contributed by atoms with Crippen LogP contribution in [0.15, 0.2) is 24.3 Å². The summed E-state index contributed by atoms with van der Waals surface area (Å²) in [5.41, 5.74) is -6.43. The van der Waals surface area contributed by atoms with E-state index in [2.05, 4.69) is 5.32 Å². The second-order valence-electron chi connectivity index (χ2n) is 4.49. The Bertz CT molecular complexity index is 523. The van der Waals surface area contributed by atoms with Gasteiger partial charge in [-0.2, -0.15) is 26.3 Å². The van der Waals surface area contributed by atoms with Gasteiger partial charge in [-0.15, -0.1) is 0 Å². The summed E-state index contributed by atoms with van der Waals surface area (Å²) in [5.74, 6) is -1.26. The number of hydrogen-bond donors (Lipinski definition) is 3. The number of hydrogen-bond acceptors (Lipinski definition) is 3. The van der Waals surface area contributed by atoms with E-state index in [-0.39, 0.29) is 5.69 Å². The molecule has 0 saturated heterocycles. The molecule has 0 aliphatic heterocycles. The Morgan fingerprint density at radius 3 is 1.77 bits per heavy atom. The first-order valence-electron chi connectivity index (χ1n) is 5.76. The quantitative estimate of drug-likeness (QED) is 0.742. The van der Waals surface area contributed by atoms with E-state index in [0.717, 1.165) is 12.1 Å². The van der Waals surface area contributed by atoms with Crippen LogP contribution in [0.5, 0.6) is 0 Å². The van der Waals surface area contributed by atoms with Gasteiger partial charge < -0.3 is 15.5 Å². The zero-order chi connectivity index (χ0) is 17.3. The minimum absolute atomic E-state index is 0.00894. The molecule has 3 N–H and O–H groups in total. The molecular formula is C12H11F6NO3. The molecule has 1 aromatic carbocycles. The molecule has 0 fully saturated rings. The number of anilines is 1. The fraction of sp³-hybridized carbons (Fsp3) is 0.417. The minimum Gasteiger partial charge on any atom is -0.480 e. The largest absolute Gasteiger partial charge is 0.480 e. The van der Waals surface area contributed by atoms with Crippen molar-refractivity contribution >= 4 is 11.7 Å². The topological polar surface area (TPSA) is 69.6 Å². The van der Waals surface area contributed by atoms with E-state index in [1.54, 1.807) is 0 Å². The fourth-order valence-electron chi connectivity index (χ4n) is 1.61. The molecule has 0 radical (unpaired) electrons. The molecule has 0 bridgehead atoms. The van der Waals surface area contributed by atoms with E-state index in [9.17, 15) is 31.1 Å². The number of alkyl halides is 6. The molecule has 22 heavy (non-hydrogen) atoms. The lowest BCUT2D eigenvalue weighted by Crippen LogP contribution is -2.53. The normalized spacial score (nSPS) is 14.5. The smallest absolute Gasteiger partial charge is 0.430 e. The third kappa shape index (κ3) is 3.26. The van der Waals surface area contributed by atoms with Crippen LogP contribution in [0.25, 0.3) is 0 Å². The highest BCUT2D eigenvalue weighted by atomic mass is 19.4. The number of aliphatic hydroxyl groups is 1. The molecule has 124 valence electrons. The molecule has 0 aromatic heterocycles. The summed E-state index contributed by atoms with van der Waals surface area (Å²) >= 11 is 0. The van der Waals surface area contributed by atoms with Crippen molar-refractivity contribution in [3.8, 4) is 0 Å². The molecule has 0 aliphatic rings. The molecule has 0 heterocycles. The van der Waals surface area contributed by atoms with Gasteiger partial charge in [0.15, 0.2) is 0 Å². The van der Waals surface area contributed by atoms with E-state index >= 15 is 0 Å². The van der Waals surface area contributed by atoms with Crippen molar-refractivity contribution in [2.75, 3.05) is 5.32 Å². The number of rotatable bonds is 4. The van der Waals surface area contributed by atoms with E-state index in [0.29, 0.717) is 12.1 Å².